The molecule has 0 aromatic rings. The van der Waals surface area contributed by atoms with Crippen molar-refractivity contribution in [2.45, 2.75) is 66.2 Å². The molecule has 0 aliphatic carbocycles. The van der Waals surface area contributed by atoms with Gasteiger partial charge in [-0.3, -0.25) is 0 Å². The fourth-order valence-corrected chi connectivity index (χ4v) is 8.49. The van der Waals surface area contributed by atoms with Crippen LogP contribution in [0.25, 0.3) is 0 Å². The second-order valence-electron chi connectivity index (χ2n) is 5.31. The average Bonchev–Trinajstić information content (AvgIpc) is 2.30. The van der Waals surface area contributed by atoms with Gasteiger partial charge in [0.15, 0.2) is 0 Å². The Morgan fingerprint density at radius 3 is 1.31 bits per heavy atom. The minimum absolute atomic E-state index is 1.32. The summed E-state index contributed by atoms with van der Waals surface area (Å²) in [7, 11) is 0. The molecule has 0 unspecified atom stereocenters. The average molecular weight is 358 g/mol. The van der Waals surface area contributed by atoms with E-state index in [2.05, 4.69) is 49.7 Å². The molecule has 0 bridgehead atoms. The van der Waals surface area contributed by atoms with E-state index in [0.29, 0.717) is 0 Å². The van der Waals surface area contributed by atoms with E-state index in [1.54, 1.807) is 12.3 Å². The Kier molecular flexibility index (Phi) is 8.90. The molecule has 0 aliphatic rings. The zero-order valence-electron chi connectivity index (χ0n) is 11.9. The maximum atomic E-state index is 2.95. The topological polar surface area (TPSA) is 0 Å². The molecule has 0 saturated heterocycles. The van der Waals surface area contributed by atoms with Crippen molar-refractivity contribution in [3.63, 3.8) is 0 Å². The Balaban J connectivity index is 4.35. The summed E-state index contributed by atoms with van der Waals surface area (Å²) in [5.74, 6) is 0. The molecule has 0 fully saturated rings. The van der Waals surface area contributed by atoms with Crippen molar-refractivity contribution in [1.29, 1.82) is 0 Å². The third-order valence-electron chi connectivity index (χ3n) is 4.22. The van der Waals surface area contributed by atoms with Crippen LogP contribution in [-0.2, 0) is 0 Å². The van der Waals surface area contributed by atoms with E-state index >= 15 is 0 Å². The molecule has 0 atom stereocenters. The molecule has 0 spiro atoms. The molecule has 100 valence electrons. The van der Waals surface area contributed by atoms with Crippen LogP contribution in [0.1, 0.15) is 66.2 Å². The van der Waals surface area contributed by atoms with Gasteiger partial charge < -0.3 is 0 Å². The third-order valence-corrected chi connectivity index (χ3v) is 17.2. The molecule has 0 radical (unpaired) electrons. The number of hydrogen-bond donors (Lipinski definition) is 0. The van der Waals surface area contributed by atoms with Gasteiger partial charge in [0.05, 0.1) is 0 Å². The predicted octanol–water partition coefficient (Wildman–Crippen LogP) is 6.31. The van der Waals surface area contributed by atoms with Crippen LogP contribution in [0.2, 0.25) is 0 Å². The van der Waals surface area contributed by atoms with E-state index in [-0.39, 0.29) is 0 Å². The molecular weight excluding hydrogens is 326 g/mol. The first-order chi connectivity index (χ1) is 7.54. The Morgan fingerprint density at radius 1 is 0.688 bits per heavy atom. The van der Waals surface area contributed by atoms with Gasteiger partial charge in [-0.1, -0.05) is 0 Å². The van der Waals surface area contributed by atoms with Gasteiger partial charge in [-0.15, -0.1) is 0 Å². The van der Waals surface area contributed by atoms with Crippen molar-refractivity contribution in [2.24, 2.45) is 0 Å². The van der Waals surface area contributed by atoms with Crippen molar-refractivity contribution in [3.8, 4) is 0 Å². The summed E-state index contributed by atoms with van der Waals surface area (Å²) < 4.78 is -1.32. The predicted molar refractivity (Wildman–Crippen MR) is 90.8 cm³/mol. The van der Waals surface area contributed by atoms with Gasteiger partial charge in [0.1, 0.15) is 0 Å². The van der Waals surface area contributed by atoms with Crippen molar-refractivity contribution in [2.75, 3.05) is 24.6 Å². The number of unbranched alkanes of at least 4 members (excludes halogenated alkanes) is 4. The second kappa shape index (κ2) is 8.29. The van der Waals surface area contributed by atoms with Gasteiger partial charge in [-0.25, -0.2) is 0 Å². The first-order valence-electron chi connectivity index (χ1n) is 7.26. The summed E-state index contributed by atoms with van der Waals surface area (Å²) in [4.78, 5) is 0. The van der Waals surface area contributed by atoms with Crippen LogP contribution < -0.4 is 0 Å². The number of halogens is 1. The van der Waals surface area contributed by atoms with E-state index in [0.717, 1.165) is 0 Å². The summed E-state index contributed by atoms with van der Waals surface area (Å²) in [6.07, 6.45) is 14.6. The molecule has 2 heteroatoms. The van der Waals surface area contributed by atoms with Crippen molar-refractivity contribution < 1.29 is 0 Å². The number of rotatable bonds is 10. The molecule has 16 heavy (non-hydrogen) atoms. The van der Waals surface area contributed by atoms with Gasteiger partial charge in [-0.05, 0) is 0 Å². The molecule has 0 aromatic heterocycles. The SMILES string of the molecule is CCCCCP(I)(CC)(CC)CCCCC. The van der Waals surface area contributed by atoms with Crippen LogP contribution in [0.3, 0.4) is 0 Å². The van der Waals surface area contributed by atoms with E-state index in [9.17, 15) is 0 Å². The van der Waals surface area contributed by atoms with Crippen LogP contribution in [-0.4, -0.2) is 24.6 Å². The van der Waals surface area contributed by atoms with Crippen molar-refractivity contribution in [3.05, 3.63) is 0 Å². The summed E-state index contributed by atoms with van der Waals surface area (Å²) in [5.41, 5.74) is 0. The Hall–Kier alpha value is 1.16. The molecule has 0 N–H and O–H groups in total. The van der Waals surface area contributed by atoms with E-state index in [1.807, 2.05) is 0 Å². The first kappa shape index (κ1) is 17.2. The molecule has 0 nitrogen and oxygen atoms in total. The monoisotopic (exact) mass is 358 g/mol. The van der Waals surface area contributed by atoms with Gasteiger partial charge in [-0.2, -0.15) is 0 Å². The molecular formula is C14H32IP. The molecule has 0 saturated carbocycles. The van der Waals surface area contributed by atoms with Crippen LogP contribution >= 0.6 is 26.3 Å². The van der Waals surface area contributed by atoms with Gasteiger partial charge in [0, 0.05) is 0 Å². The molecule has 0 heterocycles. The molecule has 0 rings (SSSR count). The zero-order chi connectivity index (χ0) is 12.5. The maximum absolute atomic E-state index is 2.95. The summed E-state index contributed by atoms with van der Waals surface area (Å²) in [5, 5.41) is 0. The first-order valence-corrected chi connectivity index (χ1v) is 13.0. The van der Waals surface area contributed by atoms with E-state index in [4.69, 9.17) is 0 Å². The standard InChI is InChI=1S/C14H32IP/c1-5-9-11-13-16(15,7-3,8-4)14-12-10-6-2/h5-14H2,1-4H3. The third kappa shape index (κ3) is 5.67. The van der Waals surface area contributed by atoms with E-state index < -0.39 is 4.25 Å². The number of hydrogen-bond acceptors (Lipinski definition) is 0. The van der Waals surface area contributed by atoms with Crippen molar-refractivity contribution in [1.82, 2.24) is 0 Å². The summed E-state index contributed by atoms with van der Waals surface area (Å²) >= 11 is 2.95. The second-order valence-corrected chi connectivity index (χ2v) is 19.3. The van der Waals surface area contributed by atoms with Gasteiger partial charge >= 0.3 is 117 Å². The van der Waals surface area contributed by atoms with Gasteiger partial charge in [0.2, 0.25) is 0 Å². The minimum atomic E-state index is -1.32. The van der Waals surface area contributed by atoms with Crippen LogP contribution in [0.5, 0.6) is 0 Å². The summed E-state index contributed by atoms with van der Waals surface area (Å²) in [6.45, 7) is 9.53. The fraction of sp³-hybridized carbons (Fsp3) is 1.00. The Morgan fingerprint density at radius 2 is 1.06 bits per heavy atom. The van der Waals surface area contributed by atoms with Gasteiger partial charge in [0.25, 0.3) is 0 Å². The Bertz CT molecular complexity index is 162. The van der Waals surface area contributed by atoms with Crippen LogP contribution in [0, 0.1) is 0 Å². The quantitative estimate of drug-likeness (QED) is 0.244. The fourth-order valence-electron chi connectivity index (χ4n) is 2.48. The normalized spacial score (nSPS) is 14.7. The molecule has 0 aromatic carbocycles. The zero-order valence-corrected chi connectivity index (χ0v) is 14.9. The van der Waals surface area contributed by atoms with Crippen molar-refractivity contribution >= 4 is 26.3 Å². The molecule has 0 amide bonds. The van der Waals surface area contributed by atoms with E-state index in [1.165, 1.54) is 50.8 Å². The van der Waals surface area contributed by atoms with Crippen LogP contribution in [0.15, 0.2) is 0 Å². The Labute approximate surface area is 117 Å². The summed E-state index contributed by atoms with van der Waals surface area (Å²) in [6, 6.07) is 0. The molecule has 0 aliphatic heterocycles. The van der Waals surface area contributed by atoms with Crippen LogP contribution in [0.4, 0.5) is 0 Å².